The number of hydrogen-bond donors (Lipinski definition) is 1. The molecule has 0 aromatic carbocycles. The van der Waals surface area contributed by atoms with Crippen LogP contribution in [0.25, 0.3) is 0 Å². The lowest BCUT2D eigenvalue weighted by Gasteiger charge is -2.57. The number of alkyl halides is 3. The average Bonchev–Trinajstić information content (AvgIpc) is 3.76. The molecule has 0 radical (unpaired) electrons. The van der Waals surface area contributed by atoms with Gasteiger partial charge in [0, 0.05) is 29.5 Å². The van der Waals surface area contributed by atoms with Crippen LogP contribution in [0, 0.1) is 10.8 Å². The Morgan fingerprint density at radius 2 is 1.52 bits per heavy atom. The Labute approximate surface area is 268 Å². The van der Waals surface area contributed by atoms with Crippen LogP contribution in [0.3, 0.4) is 0 Å². The fourth-order valence-electron chi connectivity index (χ4n) is 8.92. The zero-order valence-electron chi connectivity index (χ0n) is 27.4. The normalized spacial score (nSPS) is 32.9. The van der Waals surface area contributed by atoms with Crippen molar-refractivity contribution in [3.63, 3.8) is 0 Å². The summed E-state index contributed by atoms with van der Waals surface area (Å²) in [4.78, 5) is 29.2. The first kappa shape index (κ1) is 31.8. The van der Waals surface area contributed by atoms with Crippen molar-refractivity contribution in [1.82, 2.24) is 20.1 Å². The van der Waals surface area contributed by atoms with Crippen LogP contribution in [0.4, 0.5) is 23.9 Å². The van der Waals surface area contributed by atoms with Crippen molar-refractivity contribution in [2.75, 3.05) is 11.4 Å². The molecule has 1 N–H and O–H groups in total. The highest BCUT2D eigenvalue weighted by Gasteiger charge is 2.57. The van der Waals surface area contributed by atoms with Gasteiger partial charge < -0.3 is 14.4 Å². The molecule has 2 heterocycles. The number of ether oxygens (including phenoxy) is 1. The maximum atomic E-state index is 13.9. The number of aliphatic hydroxyl groups is 1. The maximum Gasteiger partial charge on any atom is 0.427 e. The van der Waals surface area contributed by atoms with Crippen LogP contribution in [-0.2, 0) is 15.6 Å². The van der Waals surface area contributed by atoms with E-state index >= 15 is 0 Å². The highest BCUT2D eigenvalue weighted by Crippen LogP contribution is 2.61. The summed E-state index contributed by atoms with van der Waals surface area (Å²) < 4.78 is 52.6. The summed E-state index contributed by atoms with van der Waals surface area (Å²) >= 11 is 0. The third kappa shape index (κ3) is 5.21. The van der Waals surface area contributed by atoms with Gasteiger partial charge in [-0.3, -0.25) is 0 Å². The third-order valence-corrected chi connectivity index (χ3v) is 13.0. The Kier molecular flexibility index (Phi) is 7.17. The van der Waals surface area contributed by atoms with Gasteiger partial charge in [0.1, 0.15) is 0 Å². The molecular formula is C34H46F3N5O4. The topological polar surface area (TPSA) is 114 Å². The largest absolute Gasteiger partial charge is 0.433 e. The molecule has 12 heteroatoms. The molecule has 7 saturated carbocycles. The molecule has 2 aromatic rings. The molecule has 0 unspecified atom stereocenters. The van der Waals surface area contributed by atoms with E-state index in [2.05, 4.69) is 10.1 Å². The van der Waals surface area contributed by atoms with Gasteiger partial charge in [0.2, 0.25) is 17.4 Å². The molecular weight excluding hydrogens is 599 g/mol. The van der Waals surface area contributed by atoms with Crippen molar-refractivity contribution < 1.29 is 32.3 Å². The van der Waals surface area contributed by atoms with Crippen LogP contribution in [0.1, 0.15) is 141 Å². The smallest absolute Gasteiger partial charge is 0.427 e. The molecule has 9 rings (SSSR count). The summed E-state index contributed by atoms with van der Waals surface area (Å²) in [6.45, 7) is 5.70. The monoisotopic (exact) mass is 645 g/mol. The number of hydrogen-bond acceptors (Lipinski definition) is 8. The maximum absolute atomic E-state index is 13.9. The number of halogens is 3. The molecule has 46 heavy (non-hydrogen) atoms. The van der Waals surface area contributed by atoms with Crippen LogP contribution in [0.15, 0.2) is 16.8 Å². The number of carbonyl (C=O) groups is 1. The quantitative estimate of drug-likeness (QED) is 0.311. The lowest BCUT2D eigenvalue weighted by molar-refractivity contribution is -0.243. The minimum atomic E-state index is -4.75. The molecule has 7 fully saturated rings. The van der Waals surface area contributed by atoms with Crippen molar-refractivity contribution in [1.29, 1.82) is 0 Å². The minimum absolute atomic E-state index is 0.0857. The Hall–Kier alpha value is -2.76. The third-order valence-electron chi connectivity index (χ3n) is 13.0. The van der Waals surface area contributed by atoms with E-state index in [0.29, 0.717) is 11.8 Å². The molecule has 7 aliphatic rings. The average molecular weight is 646 g/mol. The summed E-state index contributed by atoms with van der Waals surface area (Å²) in [5.41, 5.74) is -3.51. The zero-order chi connectivity index (χ0) is 32.8. The first-order chi connectivity index (χ1) is 21.5. The van der Waals surface area contributed by atoms with E-state index in [-0.39, 0.29) is 34.2 Å². The van der Waals surface area contributed by atoms with Crippen molar-refractivity contribution in [2.24, 2.45) is 10.8 Å². The van der Waals surface area contributed by atoms with Crippen molar-refractivity contribution in [3.05, 3.63) is 29.7 Å². The molecule has 1 amide bonds. The van der Waals surface area contributed by atoms with Crippen molar-refractivity contribution in [2.45, 2.75) is 152 Å². The Morgan fingerprint density at radius 1 is 0.935 bits per heavy atom. The number of nitrogens with zero attached hydrogens (tertiary/aromatic N) is 5. The van der Waals surface area contributed by atoms with Crippen molar-refractivity contribution >= 4 is 12.0 Å². The highest BCUT2D eigenvalue weighted by molar-refractivity contribution is 5.85. The fourth-order valence-corrected chi connectivity index (χ4v) is 8.92. The lowest BCUT2D eigenvalue weighted by atomic mass is 9.49. The van der Waals surface area contributed by atoms with Gasteiger partial charge in [-0.05, 0) is 134 Å². The number of rotatable bonds is 8. The summed E-state index contributed by atoms with van der Waals surface area (Å²) in [5, 5.41) is 15.2. The Morgan fingerprint density at radius 3 is 2.07 bits per heavy atom. The predicted molar refractivity (Wildman–Crippen MR) is 162 cm³/mol. The minimum Gasteiger partial charge on any atom is -0.433 e. The lowest BCUT2D eigenvalue weighted by Crippen LogP contribution is -2.54. The van der Waals surface area contributed by atoms with E-state index in [4.69, 9.17) is 19.2 Å². The molecule has 4 bridgehead atoms. The van der Waals surface area contributed by atoms with Gasteiger partial charge in [-0.1, -0.05) is 5.16 Å². The van der Waals surface area contributed by atoms with E-state index < -0.39 is 23.5 Å². The standard InChI is InChI=1S/C34H46F3N5O4/c1-28(2,44)33-17-14-31(15-18-33,16-19-33)23-7-20-38-26(39-23)42(27(43)45-29(3,4)34(35,36)37)21-30-8-11-32(12-9-30,13-10-30)25-40-24(41-46-25)22-5-6-22/h7,20,22,44H,5-6,8-19,21H2,1-4H3. The van der Waals surface area contributed by atoms with Crippen LogP contribution in [0.2, 0.25) is 0 Å². The molecule has 0 aliphatic heterocycles. The van der Waals surface area contributed by atoms with Crippen LogP contribution in [-0.4, -0.2) is 55.2 Å². The number of amides is 1. The van der Waals surface area contributed by atoms with E-state index in [0.717, 1.165) is 115 Å². The molecule has 252 valence electrons. The summed E-state index contributed by atoms with van der Waals surface area (Å²) in [5.74, 6) is 1.99. The van der Waals surface area contributed by atoms with E-state index in [1.165, 1.54) is 4.90 Å². The highest BCUT2D eigenvalue weighted by atomic mass is 19.4. The van der Waals surface area contributed by atoms with Gasteiger partial charge in [-0.2, -0.15) is 18.2 Å². The second kappa shape index (κ2) is 10.4. The van der Waals surface area contributed by atoms with E-state index in [1.807, 2.05) is 19.9 Å². The van der Waals surface area contributed by atoms with Crippen LogP contribution < -0.4 is 4.90 Å². The molecule has 0 spiro atoms. The first-order valence-electron chi connectivity index (χ1n) is 17.0. The Balaban J connectivity index is 1.15. The predicted octanol–water partition coefficient (Wildman–Crippen LogP) is 7.68. The number of fused-ring (bicyclic) bond motifs is 6. The number of aromatic nitrogens is 4. The van der Waals surface area contributed by atoms with Gasteiger partial charge in [-0.25, -0.2) is 19.7 Å². The summed E-state index contributed by atoms with van der Waals surface area (Å²) in [7, 11) is 0. The van der Waals surface area contributed by atoms with Gasteiger partial charge >= 0.3 is 12.3 Å². The van der Waals surface area contributed by atoms with Gasteiger partial charge in [0.15, 0.2) is 5.82 Å². The molecule has 0 saturated heterocycles. The van der Waals surface area contributed by atoms with Gasteiger partial charge in [-0.15, -0.1) is 0 Å². The molecule has 7 aliphatic carbocycles. The second-order valence-corrected chi connectivity index (χ2v) is 16.3. The fraction of sp³-hybridized carbons (Fsp3) is 0.794. The zero-order valence-corrected chi connectivity index (χ0v) is 27.4. The SMILES string of the molecule is CC(C)(O)C12CCC(c3ccnc(N(CC45CCC(c6nc(C7CC7)no6)(CC4)CC5)C(=O)OC(C)(C)C(F)(F)F)n3)(CC1)CC2. The summed E-state index contributed by atoms with van der Waals surface area (Å²) in [6, 6.07) is 1.88. The van der Waals surface area contributed by atoms with Gasteiger partial charge in [0.05, 0.1) is 11.3 Å². The first-order valence-corrected chi connectivity index (χ1v) is 17.0. The second-order valence-electron chi connectivity index (χ2n) is 16.3. The van der Waals surface area contributed by atoms with Crippen molar-refractivity contribution in [3.8, 4) is 0 Å². The van der Waals surface area contributed by atoms with Crippen LogP contribution in [0.5, 0.6) is 0 Å². The van der Waals surface area contributed by atoms with E-state index in [9.17, 15) is 23.1 Å². The molecule has 2 aromatic heterocycles. The Bertz CT molecular complexity index is 1440. The summed E-state index contributed by atoms with van der Waals surface area (Å²) in [6.07, 6.45) is 7.86. The molecule has 9 nitrogen and oxygen atoms in total. The number of carbonyl (C=O) groups excluding carboxylic acids is 1. The molecule has 0 atom stereocenters. The van der Waals surface area contributed by atoms with E-state index in [1.54, 1.807) is 6.20 Å². The number of anilines is 1. The van der Waals surface area contributed by atoms with Gasteiger partial charge in [0.25, 0.3) is 0 Å². The van der Waals surface area contributed by atoms with Crippen LogP contribution >= 0.6 is 0 Å².